The predicted octanol–water partition coefficient (Wildman–Crippen LogP) is 2.07. The van der Waals surface area contributed by atoms with Crippen LogP contribution in [0.5, 0.6) is 0 Å². The van der Waals surface area contributed by atoms with E-state index < -0.39 is 5.97 Å². The van der Waals surface area contributed by atoms with E-state index in [-0.39, 0.29) is 5.78 Å². The molecule has 3 nitrogen and oxygen atoms in total. The molecular weight excluding hydrogens is 228 g/mol. The zero-order valence-corrected chi connectivity index (χ0v) is 9.59. The van der Waals surface area contributed by atoms with E-state index in [1.54, 1.807) is 12.1 Å². The van der Waals surface area contributed by atoms with Gasteiger partial charge in [0.15, 0.2) is 5.78 Å². The highest BCUT2D eigenvalue weighted by molar-refractivity contribution is 6.32. The molecule has 1 aromatic rings. The lowest BCUT2D eigenvalue weighted by molar-refractivity contribution is -0.133. The third kappa shape index (κ3) is 3.11. The average molecular weight is 237 g/mol. The minimum absolute atomic E-state index is 0.0747. The van der Waals surface area contributed by atoms with Crippen molar-refractivity contribution in [3.05, 3.63) is 34.3 Å². The van der Waals surface area contributed by atoms with Crippen molar-refractivity contribution in [1.82, 2.24) is 0 Å². The normalized spacial score (nSPS) is 8.94. The highest BCUT2D eigenvalue weighted by atomic mass is 35.5. The van der Waals surface area contributed by atoms with E-state index in [4.69, 9.17) is 11.6 Å². The maximum atomic E-state index is 11.1. The number of ketones is 1. The van der Waals surface area contributed by atoms with E-state index in [2.05, 4.69) is 16.6 Å². The number of esters is 1. The molecule has 0 N–H and O–H groups in total. The first-order valence-corrected chi connectivity index (χ1v) is 4.83. The molecule has 0 saturated heterocycles. The van der Waals surface area contributed by atoms with E-state index in [0.29, 0.717) is 16.1 Å². The van der Waals surface area contributed by atoms with Gasteiger partial charge in [0.05, 0.1) is 12.1 Å². The van der Waals surface area contributed by atoms with Crippen LogP contribution in [0.3, 0.4) is 0 Å². The van der Waals surface area contributed by atoms with Gasteiger partial charge in [0.25, 0.3) is 0 Å². The van der Waals surface area contributed by atoms with Crippen LogP contribution >= 0.6 is 11.6 Å². The fraction of sp³-hybridized carbons (Fsp3) is 0.167. The minimum Gasteiger partial charge on any atom is -0.459 e. The summed E-state index contributed by atoms with van der Waals surface area (Å²) in [5.41, 5.74) is 0.991. The van der Waals surface area contributed by atoms with Crippen molar-refractivity contribution < 1.29 is 14.3 Å². The quantitative estimate of drug-likeness (QED) is 0.426. The lowest BCUT2D eigenvalue weighted by Crippen LogP contribution is -1.95. The maximum Gasteiger partial charge on any atom is 0.384 e. The average Bonchev–Trinajstić information content (AvgIpc) is 2.26. The molecule has 4 heteroatoms. The molecule has 0 aliphatic heterocycles. The second-order valence-electron chi connectivity index (χ2n) is 2.99. The Morgan fingerprint density at radius 2 is 2.06 bits per heavy atom. The summed E-state index contributed by atoms with van der Waals surface area (Å²) in [4.78, 5) is 21.8. The van der Waals surface area contributed by atoms with Crippen LogP contribution in [0, 0.1) is 11.8 Å². The van der Waals surface area contributed by atoms with Crippen LogP contribution in [0.1, 0.15) is 22.8 Å². The first-order chi connectivity index (χ1) is 7.54. The molecule has 1 rings (SSSR count). The Bertz CT molecular complexity index is 495. The summed E-state index contributed by atoms with van der Waals surface area (Å²) >= 11 is 5.89. The Morgan fingerprint density at radius 1 is 1.38 bits per heavy atom. The van der Waals surface area contributed by atoms with Gasteiger partial charge in [0, 0.05) is 17.0 Å². The molecule has 0 saturated carbocycles. The zero-order valence-electron chi connectivity index (χ0n) is 8.83. The van der Waals surface area contributed by atoms with Crippen LogP contribution in [-0.4, -0.2) is 18.9 Å². The van der Waals surface area contributed by atoms with E-state index >= 15 is 0 Å². The van der Waals surface area contributed by atoms with Gasteiger partial charge in [-0.2, -0.15) is 0 Å². The van der Waals surface area contributed by atoms with E-state index in [0.717, 1.165) is 0 Å². The Balaban J connectivity index is 3.03. The van der Waals surface area contributed by atoms with Crippen LogP contribution in [0.4, 0.5) is 0 Å². The number of methoxy groups -OCH3 is 1. The van der Waals surface area contributed by atoms with Gasteiger partial charge in [-0.1, -0.05) is 23.6 Å². The van der Waals surface area contributed by atoms with E-state index in [1.807, 2.05) is 0 Å². The molecule has 0 aliphatic rings. The van der Waals surface area contributed by atoms with Crippen molar-refractivity contribution in [2.45, 2.75) is 6.92 Å². The number of rotatable bonds is 1. The molecule has 0 bridgehead atoms. The van der Waals surface area contributed by atoms with Crippen molar-refractivity contribution in [1.29, 1.82) is 0 Å². The smallest absolute Gasteiger partial charge is 0.384 e. The summed E-state index contributed by atoms with van der Waals surface area (Å²) in [7, 11) is 1.25. The second-order valence-corrected chi connectivity index (χ2v) is 3.40. The van der Waals surface area contributed by atoms with Crippen LogP contribution in [0.15, 0.2) is 18.2 Å². The first-order valence-electron chi connectivity index (χ1n) is 4.45. The minimum atomic E-state index is -0.633. The van der Waals surface area contributed by atoms with E-state index in [1.165, 1.54) is 20.1 Å². The van der Waals surface area contributed by atoms with Crippen LogP contribution in [0.25, 0.3) is 0 Å². The monoisotopic (exact) mass is 236 g/mol. The van der Waals surface area contributed by atoms with E-state index in [9.17, 15) is 9.59 Å². The third-order valence-electron chi connectivity index (χ3n) is 1.86. The standard InChI is InChI=1S/C12H9ClO3/c1-8(14)10-4-3-9(11(13)7-10)5-6-12(15)16-2/h3-4,7H,1-2H3. The van der Waals surface area contributed by atoms with Crippen molar-refractivity contribution in [2.24, 2.45) is 0 Å². The number of hydrogen-bond donors (Lipinski definition) is 0. The molecule has 0 atom stereocenters. The van der Waals surface area contributed by atoms with Crippen LogP contribution < -0.4 is 0 Å². The number of carbonyl (C=O) groups excluding carboxylic acids is 2. The van der Waals surface area contributed by atoms with Gasteiger partial charge in [0.1, 0.15) is 0 Å². The molecule has 0 unspecified atom stereocenters. The molecule has 0 heterocycles. The lowest BCUT2D eigenvalue weighted by atomic mass is 10.1. The van der Waals surface area contributed by atoms with Gasteiger partial charge in [-0.15, -0.1) is 0 Å². The number of carbonyl (C=O) groups is 2. The summed E-state index contributed by atoms with van der Waals surface area (Å²) in [6, 6.07) is 4.72. The topological polar surface area (TPSA) is 43.4 Å². The van der Waals surface area contributed by atoms with Gasteiger partial charge >= 0.3 is 5.97 Å². The van der Waals surface area contributed by atoms with Gasteiger partial charge < -0.3 is 4.74 Å². The fourth-order valence-corrected chi connectivity index (χ4v) is 1.23. The van der Waals surface area contributed by atoms with Crippen LogP contribution in [0.2, 0.25) is 5.02 Å². The Labute approximate surface area is 98.4 Å². The fourth-order valence-electron chi connectivity index (χ4n) is 1.00. The lowest BCUT2D eigenvalue weighted by Gasteiger charge is -1.98. The molecule has 16 heavy (non-hydrogen) atoms. The number of halogens is 1. The van der Waals surface area contributed by atoms with Gasteiger partial charge in [-0.25, -0.2) is 4.79 Å². The summed E-state index contributed by atoms with van der Waals surface area (Å²) in [6.45, 7) is 1.45. The first kappa shape index (κ1) is 12.3. The molecule has 0 fully saturated rings. The second kappa shape index (κ2) is 5.34. The summed E-state index contributed by atoms with van der Waals surface area (Å²) in [6.07, 6.45) is 0. The molecule has 0 aliphatic carbocycles. The summed E-state index contributed by atoms with van der Waals surface area (Å²) < 4.78 is 4.36. The predicted molar refractivity (Wildman–Crippen MR) is 60.4 cm³/mol. The van der Waals surface area contributed by atoms with Crippen molar-refractivity contribution in [2.75, 3.05) is 7.11 Å². The molecule has 1 aromatic carbocycles. The molecular formula is C12H9ClO3. The zero-order chi connectivity index (χ0) is 12.1. The molecule has 82 valence electrons. The highest BCUT2D eigenvalue weighted by Crippen LogP contribution is 2.17. The van der Waals surface area contributed by atoms with Gasteiger partial charge in [-0.3, -0.25) is 4.79 Å². The number of ether oxygens (including phenoxy) is 1. The summed E-state index contributed by atoms with van der Waals surface area (Å²) in [5.74, 6) is 4.11. The number of hydrogen-bond acceptors (Lipinski definition) is 3. The SMILES string of the molecule is COC(=O)C#Cc1ccc(C(C)=O)cc1Cl. The summed E-state index contributed by atoms with van der Waals surface area (Å²) in [5, 5.41) is 0.337. The molecule has 0 amide bonds. The third-order valence-corrected chi connectivity index (χ3v) is 2.17. The maximum absolute atomic E-state index is 11.1. The van der Waals surface area contributed by atoms with Crippen molar-refractivity contribution >= 4 is 23.4 Å². The van der Waals surface area contributed by atoms with Crippen LogP contribution in [-0.2, 0) is 9.53 Å². The largest absolute Gasteiger partial charge is 0.459 e. The van der Waals surface area contributed by atoms with Crippen molar-refractivity contribution in [3.63, 3.8) is 0 Å². The Kier molecular flexibility index (Phi) is 4.10. The number of Topliss-reactive ketones (excluding diaryl/α,β-unsaturated/α-hetero) is 1. The highest BCUT2D eigenvalue weighted by Gasteiger charge is 2.03. The van der Waals surface area contributed by atoms with Gasteiger partial charge in [-0.05, 0) is 19.1 Å². The Morgan fingerprint density at radius 3 is 2.56 bits per heavy atom. The number of benzene rings is 1. The van der Waals surface area contributed by atoms with Crippen molar-refractivity contribution in [3.8, 4) is 11.8 Å². The van der Waals surface area contributed by atoms with Gasteiger partial charge in [0.2, 0.25) is 0 Å². The Hall–Kier alpha value is -1.79. The molecule has 0 spiro atoms. The molecule has 0 aromatic heterocycles. The molecule has 0 radical (unpaired) electrons.